The van der Waals surface area contributed by atoms with Gasteiger partial charge in [0.25, 0.3) is 0 Å². The smallest absolute Gasteiger partial charge is 0.124 e. The van der Waals surface area contributed by atoms with Crippen molar-refractivity contribution < 1.29 is 4.74 Å². The van der Waals surface area contributed by atoms with Crippen LogP contribution < -0.4 is 4.74 Å². The highest BCUT2D eigenvalue weighted by atomic mass is 79.9. The number of fused-ring (bicyclic) bond motifs is 1. The third kappa shape index (κ3) is 2.39. The molecule has 0 amide bonds. The van der Waals surface area contributed by atoms with Gasteiger partial charge in [-0.2, -0.15) is 0 Å². The first-order chi connectivity index (χ1) is 7.22. The maximum atomic E-state index is 5.41. The second-order valence-electron chi connectivity index (χ2n) is 3.87. The monoisotopic (exact) mass is 332 g/mol. The summed E-state index contributed by atoms with van der Waals surface area (Å²) in [5, 5.41) is 0. The number of alkyl halides is 2. The molecule has 15 heavy (non-hydrogen) atoms. The van der Waals surface area contributed by atoms with Gasteiger partial charge in [-0.25, -0.2) is 0 Å². The lowest BCUT2D eigenvalue weighted by Crippen LogP contribution is -2.04. The standard InChI is InChI=1S/C12H14Br2O/c1-15-11-7-9-5-3-2-4-8(9)6-10(11)12(13)14/h6-7,12H,2-5H2,1H3. The van der Waals surface area contributed by atoms with E-state index in [1.807, 2.05) is 0 Å². The molecule has 0 spiro atoms. The van der Waals surface area contributed by atoms with Gasteiger partial charge in [0, 0.05) is 5.56 Å². The molecule has 0 aliphatic heterocycles. The van der Waals surface area contributed by atoms with Crippen molar-refractivity contribution in [1.82, 2.24) is 0 Å². The molecular weight excluding hydrogens is 320 g/mol. The van der Waals surface area contributed by atoms with E-state index in [-0.39, 0.29) is 3.74 Å². The van der Waals surface area contributed by atoms with E-state index < -0.39 is 0 Å². The summed E-state index contributed by atoms with van der Waals surface area (Å²) >= 11 is 7.08. The molecule has 0 N–H and O–H groups in total. The van der Waals surface area contributed by atoms with Crippen LogP contribution in [0, 0.1) is 0 Å². The molecule has 0 atom stereocenters. The summed E-state index contributed by atoms with van der Waals surface area (Å²) in [7, 11) is 1.73. The highest BCUT2D eigenvalue weighted by molar-refractivity contribution is 9.24. The average Bonchev–Trinajstić information content (AvgIpc) is 2.27. The Labute approximate surface area is 107 Å². The maximum absolute atomic E-state index is 5.41. The molecule has 0 fully saturated rings. The molecule has 0 heterocycles. The Bertz CT molecular complexity index is 361. The van der Waals surface area contributed by atoms with Crippen molar-refractivity contribution >= 4 is 31.9 Å². The van der Waals surface area contributed by atoms with Gasteiger partial charge >= 0.3 is 0 Å². The van der Waals surface area contributed by atoms with Gasteiger partial charge in [-0.05, 0) is 48.9 Å². The molecule has 3 heteroatoms. The summed E-state index contributed by atoms with van der Waals surface area (Å²) in [6.45, 7) is 0. The van der Waals surface area contributed by atoms with Gasteiger partial charge < -0.3 is 4.74 Å². The molecule has 1 aliphatic carbocycles. The van der Waals surface area contributed by atoms with Gasteiger partial charge in [-0.3, -0.25) is 0 Å². The van der Waals surface area contributed by atoms with Crippen molar-refractivity contribution in [2.75, 3.05) is 7.11 Å². The van der Waals surface area contributed by atoms with E-state index in [9.17, 15) is 0 Å². The minimum atomic E-state index is 0.173. The Morgan fingerprint density at radius 1 is 1.13 bits per heavy atom. The van der Waals surface area contributed by atoms with Gasteiger partial charge in [0.15, 0.2) is 0 Å². The van der Waals surface area contributed by atoms with Crippen LogP contribution in [0.4, 0.5) is 0 Å². The fraction of sp³-hybridized carbons (Fsp3) is 0.500. The minimum absolute atomic E-state index is 0.173. The number of hydrogen-bond donors (Lipinski definition) is 0. The summed E-state index contributed by atoms with van der Waals surface area (Å²) < 4.78 is 5.59. The Morgan fingerprint density at radius 2 is 1.73 bits per heavy atom. The van der Waals surface area contributed by atoms with Crippen LogP contribution in [0.2, 0.25) is 0 Å². The molecule has 0 radical (unpaired) electrons. The third-order valence-electron chi connectivity index (χ3n) is 2.93. The molecule has 1 aromatic carbocycles. The van der Waals surface area contributed by atoms with Crippen molar-refractivity contribution in [1.29, 1.82) is 0 Å². The van der Waals surface area contributed by atoms with Crippen LogP contribution in [0.3, 0.4) is 0 Å². The Kier molecular flexibility index (Phi) is 3.73. The molecule has 1 aliphatic rings. The van der Waals surface area contributed by atoms with Crippen molar-refractivity contribution in [2.24, 2.45) is 0 Å². The van der Waals surface area contributed by atoms with Crippen LogP contribution >= 0.6 is 31.9 Å². The van der Waals surface area contributed by atoms with Gasteiger partial charge in [0.2, 0.25) is 0 Å². The zero-order valence-electron chi connectivity index (χ0n) is 8.72. The number of aryl methyl sites for hydroxylation is 2. The van der Waals surface area contributed by atoms with E-state index in [0.29, 0.717) is 0 Å². The van der Waals surface area contributed by atoms with E-state index in [0.717, 1.165) is 5.75 Å². The highest BCUT2D eigenvalue weighted by Gasteiger charge is 2.16. The summed E-state index contributed by atoms with van der Waals surface area (Å²) in [6.07, 6.45) is 5.02. The van der Waals surface area contributed by atoms with Crippen LogP contribution in [0.5, 0.6) is 5.75 Å². The normalized spacial score (nSPS) is 15.2. The zero-order valence-corrected chi connectivity index (χ0v) is 11.9. The van der Waals surface area contributed by atoms with E-state index in [1.54, 1.807) is 7.11 Å². The lowest BCUT2D eigenvalue weighted by atomic mass is 9.90. The van der Waals surface area contributed by atoms with Crippen LogP contribution in [0.1, 0.15) is 33.3 Å². The summed E-state index contributed by atoms with van der Waals surface area (Å²) in [5.41, 5.74) is 4.14. The molecule has 0 bridgehead atoms. The first-order valence-corrected chi connectivity index (χ1v) is 7.03. The minimum Gasteiger partial charge on any atom is -0.496 e. The number of methoxy groups -OCH3 is 1. The number of halogens is 2. The topological polar surface area (TPSA) is 9.23 Å². The molecule has 0 aromatic heterocycles. The highest BCUT2D eigenvalue weighted by Crippen LogP contribution is 2.39. The average molecular weight is 334 g/mol. The molecule has 0 saturated carbocycles. The Balaban J connectivity index is 2.46. The summed E-state index contributed by atoms with van der Waals surface area (Å²) in [4.78, 5) is 0. The zero-order chi connectivity index (χ0) is 10.8. The van der Waals surface area contributed by atoms with Gasteiger partial charge in [-0.15, -0.1) is 0 Å². The first-order valence-electron chi connectivity index (χ1n) is 5.20. The van der Waals surface area contributed by atoms with Crippen molar-refractivity contribution in [3.05, 3.63) is 28.8 Å². The molecule has 1 aromatic rings. The molecule has 2 rings (SSSR count). The predicted octanol–water partition coefficient (Wildman–Crippen LogP) is 4.36. The maximum Gasteiger partial charge on any atom is 0.124 e. The van der Waals surface area contributed by atoms with Gasteiger partial charge in [0.1, 0.15) is 5.75 Å². The lowest BCUT2D eigenvalue weighted by molar-refractivity contribution is 0.410. The molecular formula is C12H14Br2O. The van der Waals surface area contributed by atoms with Gasteiger partial charge in [0.05, 0.1) is 10.8 Å². The third-order valence-corrected chi connectivity index (χ3v) is 3.92. The van der Waals surface area contributed by atoms with E-state index in [1.165, 1.54) is 42.4 Å². The molecule has 82 valence electrons. The van der Waals surface area contributed by atoms with Crippen molar-refractivity contribution in [3.63, 3.8) is 0 Å². The molecule has 1 nitrogen and oxygen atoms in total. The largest absolute Gasteiger partial charge is 0.496 e. The summed E-state index contributed by atoms with van der Waals surface area (Å²) in [5.74, 6) is 0.981. The second-order valence-corrected chi connectivity index (χ2v) is 6.93. The van der Waals surface area contributed by atoms with Gasteiger partial charge in [-0.1, -0.05) is 31.9 Å². The number of hydrogen-bond acceptors (Lipinski definition) is 1. The quantitative estimate of drug-likeness (QED) is 0.730. The lowest BCUT2D eigenvalue weighted by Gasteiger charge is -2.19. The number of benzene rings is 1. The number of ether oxygens (including phenoxy) is 1. The van der Waals surface area contributed by atoms with Crippen molar-refractivity contribution in [3.8, 4) is 5.75 Å². The van der Waals surface area contributed by atoms with E-state index in [2.05, 4.69) is 44.0 Å². The van der Waals surface area contributed by atoms with Crippen LogP contribution in [0.25, 0.3) is 0 Å². The molecule has 0 unspecified atom stereocenters. The Morgan fingerprint density at radius 3 is 2.27 bits per heavy atom. The van der Waals surface area contributed by atoms with Crippen LogP contribution in [-0.4, -0.2) is 7.11 Å². The van der Waals surface area contributed by atoms with Crippen LogP contribution in [-0.2, 0) is 12.8 Å². The SMILES string of the molecule is COc1cc2c(cc1C(Br)Br)CCCC2. The fourth-order valence-electron chi connectivity index (χ4n) is 2.13. The predicted molar refractivity (Wildman–Crippen MR) is 70.2 cm³/mol. The molecule has 0 saturated heterocycles. The first kappa shape index (κ1) is 11.5. The van der Waals surface area contributed by atoms with E-state index >= 15 is 0 Å². The summed E-state index contributed by atoms with van der Waals surface area (Å²) in [6, 6.07) is 4.46. The number of rotatable bonds is 2. The van der Waals surface area contributed by atoms with Crippen LogP contribution in [0.15, 0.2) is 12.1 Å². The van der Waals surface area contributed by atoms with Crippen molar-refractivity contribution in [2.45, 2.75) is 29.4 Å². The second kappa shape index (κ2) is 4.88. The Hall–Kier alpha value is -0.0200. The fourth-order valence-corrected chi connectivity index (χ4v) is 2.85. The van der Waals surface area contributed by atoms with E-state index in [4.69, 9.17) is 4.74 Å².